The second kappa shape index (κ2) is 27.3. The molecule has 15 heteroatoms. The highest BCUT2D eigenvalue weighted by atomic mass is 16.6. The molecule has 3 aliphatic heterocycles. The van der Waals surface area contributed by atoms with Crippen LogP contribution in [0.15, 0.2) is 47.6 Å². The maximum atomic E-state index is 14.5. The monoisotopic (exact) mass is 958 g/mol. The van der Waals surface area contributed by atoms with Crippen molar-refractivity contribution >= 4 is 29.2 Å². The van der Waals surface area contributed by atoms with E-state index in [-0.39, 0.29) is 74.1 Å². The second-order valence-electron chi connectivity index (χ2n) is 20.2. The van der Waals surface area contributed by atoms with E-state index >= 15 is 0 Å². The first-order valence-corrected chi connectivity index (χ1v) is 25.0. The summed E-state index contributed by atoms with van der Waals surface area (Å²) in [6.45, 7) is 12.9. The van der Waals surface area contributed by atoms with Crippen molar-refractivity contribution in [1.82, 2.24) is 4.90 Å². The third kappa shape index (κ3) is 15.3. The Bertz CT molecular complexity index is 1810. The number of ether oxygens (including phenoxy) is 6. The number of hydrogen-bond donors (Lipinski definition) is 3. The molecule has 3 heterocycles. The standard InChI is InChI=1S/C53H83NO14/c1-32-16-12-11-13-17-33(2)44(63-8)30-40-21-19-38(7)53(62,68-40)50(59)51(60)54-23-15-14-18-41(54)52(61)67-45(35(4)28-39-20-22-43(66-25-24-55)46(29-39)64-9)31-42(56)34(3)27-37(6)48(58)49(65-10)47(57)36(5)26-32/h11-13,16-17,27,32,34-36,38-41,43-46,48-49,55,58,62H,14-15,18-26,28-31H2,1-10H3/b13-11+,16-12+,33-17+,37-27+/t32-,34-,35-,36-,38-,39+,40+,41+,43?,44?,45+,46?,48?,49?,53?/m1/s1. The minimum absolute atomic E-state index is 0.0158. The maximum Gasteiger partial charge on any atom is 0.329 e. The molecule has 68 heavy (non-hydrogen) atoms. The number of ketones is 3. The summed E-state index contributed by atoms with van der Waals surface area (Å²) in [5.74, 6) is -7.96. The zero-order valence-corrected chi connectivity index (χ0v) is 42.4. The number of carbonyl (C=O) groups excluding carboxylic acids is 5. The number of amides is 1. The van der Waals surface area contributed by atoms with Gasteiger partial charge in [0.25, 0.3) is 11.7 Å². The van der Waals surface area contributed by atoms with E-state index in [0.717, 1.165) is 12.0 Å². The molecule has 2 bridgehead atoms. The number of carbonyl (C=O) groups is 5. The van der Waals surface area contributed by atoms with Crippen LogP contribution in [0.25, 0.3) is 0 Å². The number of rotatable bonds is 9. The van der Waals surface area contributed by atoms with E-state index in [1.165, 1.54) is 12.0 Å². The van der Waals surface area contributed by atoms with E-state index in [9.17, 15) is 39.3 Å². The Morgan fingerprint density at radius 3 is 2.26 bits per heavy atom. The van der Waals surface area contributed by atoms with Gasteiger partial charge in [0, 0.05) is 58.5 Å². The van der Waals surface area contributed by atoms with Crippen molar-refractivity contribution in [2.45, 2.75) is 180 Å². The predicted molar refractivity (Wildman–Crippen MR) is 256 cm³/mol. The number of fused-ring (bicyclic) bond motifs is 3. The van der Waals surface area contributed by atoms with Crippen LogP contribution >= 0.6 is 0 Å². The molecule has 0 aromatic carbocycles. The zero-order valence-electron chi connectivity index (χ0n) is 42.4. The van der Waals surface area contributed by atoms with Crippen molar-refractivity contribution in [1.29, 1.82) is 0 Å². The summed E-state index contributed by atoms with van der Waals surface area (Å²) in [7, 11) is 4.58. The molecule has 0 aromatic rings. The van der Waals surface area contributed by atoms with Crippen LogP contribution in [0, 0.1) is 35.5 Å². The molecule has 3 N–H and O–H groups in total. The van der Waals surface area contributed by atoms with Crippen LogP contribution in [0.4, 0.5) is 0 Å². The SMILES string of the molecule is COC1C[C@@H]2CC[C@@H](C)C(O)(O2)C(=O)C(=O)N2CCCC[C@H]2C(=O)O[C@H]([C@H](C)C[C@@H]2CCC(OCCO)C(OC)C2)CC(=O)[C@H](C)/C=C(\C)C(O)C(OC)C(=O)[C@H](C)C[C@H](C)/C=C/C=C/C=C/1C. The smallest absolute Gasteiger partial charge is 0.329 e. The number of methoxy groups -OCH3 is 3. The molecule has 384 valence electrons. The van der Waals surface area contributed by atoms with Crippen molar-refractivity contribution in [2.75, 3.05) is 41.1 Å². The molecular weight excluding hydrogens is 875 g/mol. The lowest BCUT2D eigenvalue weighted by molar-refractivity contribution is -0.265. The molecule has 0 aromatic heterocycles. The summed E-state index contributed by atoms with van der Waals surface area (Å²) in [5.41, 5.74) is 1.26. The second-order valence-corrected chi connectivity index (χ2v) is 20.2. The minimum Gasteiger partial charge on any atom is -0.460 e. The fraction of sp³-hybridized carbons (Fsp3) is 0.755. The van der Waals surface area contributed by atoms with E-state index in [1.54, 1.807) is 41.1 Å². The number of allylic oxidation sites excluding steroid dienone is 6. The van der Waals surface area contributed by atoms with Gasteiger partial charge in [-0.05, 0) is 107 Å². The molecule has 4 aliphatic rings. The third-order valence-electron chi connectivity index (χ3n) is 14.9. The highest BCUT2D eigenvalue weighted by molar-refractivity contribution is 6.39. The Morgan fingerprint density at radius 1 is 0.853 bits per heavy atom. The first-order chi connectivity index (χ1) is 32.3. The number of esters is 1. The van der Waals surface area contributed by atoms with Crippen molar-refractivity contribution in [3.05, 3.63) is 47.6 Å². The van der Waals surface area contributed by atoms with E-state index < -0.39 is 77.8 Å². The van der Waals surface area contributed by atoms with E-state index in [2.05, 4.69) is 0 Å². The first kappa shape index (κ1) is 57.2. The van der Waals surface area contributed by atoms with Gasteiger partial charge in [0.15, 0.2) is 5.78 Å². The van der Waals surface area contributed by atoms with E-state index in [1.807, 2.05) is 58.1 Å². The Balaban J connectivity index is 1.70. The number of nitrogens with zero attached hydrogens (tertiary/aromatic N) is 1. The van der Waals surface area contributed by atoms with Gasteiger partial charge >= 0.3 is 5.97 Å². The van der Waals surface area contributed by atoms with Crippen LogP contribution in [0.1, 0.15) is 126 Å². The van der Waals surface area contributed by atoms with Gasteiger partial charge in [0.1, 0.15) is 30.1 Å². The van der Waals surface area contributed by atoms with Gasteiger partial charge in [-0.1, -0.05) is 71.1 Å². The van der Waals surface area contributed by atoms with Crippen molar-refractivity contribution < 1.29 is 67.7 Å². The van der Waals surface area contributed by atoms with Crippen molar-refractivity contribution in [2.24, 2.45) is 35.5 Å². The van der Waals surface area contributed by atoms with E-state index in [0.29, 0.717) is 63.4 Å². The highest BCUT2D eigenvalue weighted by Gasteiger charge is 2.53. The summed E-state index contributed by atoms with van der Waals surface area (Å²) in [6, 6.07) is -1.14. The van der Waals surface area contributed by atoms with Crippen LogP contribution < -0.4 is 0 Å². The van der Waals surface area contributed by atoms with Crippen molar-refractivity contribution in [3.63, 3.8) is 0 Å². The molecule has 6 unspecified atom stereocenters. The molecule has 4 rings (SSSR count). The third-order valence-corrected chi connectivity index (χ3v) is 14.9. The summed E-state index contributed by atoms with van der Waals surface area (Å²) < 4.78 is 35.6. The van der Waals surface area contributed by atoms with Gasteiger partial charge in [-0.2, -0.15) is 0 Å². The zero-order chi connectivity index (χ0) is 50.3. The van der Waals surface area contributed by atoms with Gasteiger partial charge in [-0.3, -0.25) is 19.2 Å². The number of hydrogen-bond acceptors (Lipinski definition) is 14. The Kier molecular flexibility index (Phi) is 22.9. The lowest BCUT2D eigenvalue weighted by Crippen LogP contribution is -2.61. The maximum absolute atomic E-state index is 14.5. The topological polar surface area (TPSA) is 205 Å². The number of Topliss-reactive ketones (excluding diaryl/α,β-unsaturated/α-hetero) is 3. The van der Waals surface area contributed by atoms with E-state index in [4.69, 9.17) is 28.4 Å². The van der Waals surface area contributed by atoms with Crippen LogP contribution in [0.3, 0.4) is 0 Å². The molecule has 2 saturated heterocycles. The quantitative estimate of drug-likeness (QED) is 0.134. The Hall–Kier alpha value is -3.41. The van der Waals surface area contributed by atoms with Gasteiger partial charge in [0.2, 0.25) is 5.79 Å². The molecule has 1 aliphatic carbocycles. The Labute approximate surface area is 405 Å². The summed E-state index contributed by atoms with van der Waals surface area (Å²) >= 11 is 0. The fourth-order valence-corrected chi connectivity index (χ4v) is 10.5. The van der Waals surface area contributed by atoms with Gasteiger partial charge < -0.3 is 48.6 Å². The number of aliphatic hydroxyl groups excluding tert-OH is 2. The predicted octanol–water partition coefficient (Wildman–Crippen LogP) is 6.20. The van der Waals surface area contributed by atoms with Gasteiger partial charge in [0.05, 0.1) is 37.6 Å². The van der Waals surface area contributed by atoms with Gasteiger partial charge in [-0.25, -0.2) is 4.79 Å². The molecular formula is C53H83NO14. The number of cyclic esters (lactones) is 1. The largest absolute Gasteiger partial charge is 0.460 e. The molecule has 0 radical (unpaired) electrons. The first-order valence-electron chi connectivity index (χ1n) is 25.0. The van der Waals surface area contributed by atoms with Crippen LogP contribution in [0.5, 0.6) is 0 Å². The molecule has 3 fully saturated rings. The lowest BCUT2D eigenvalue weighted by Gasteiger charge is -2.42. The average molecular weight is 958 g/mol. The van der Waals surface area contributed by atoms with Gasteiger partial charge in [-0.15, -0.1) is 0 Å². The summed E-state index contributed by atoms with van der Waals surface area (Å²) in [5, 5.41) is 32.8. The summed E-state index contributed by atoms with van der Waals surface area (Å²) in [6.07, 6.45) is 12.0. The number of aliphatic hydroxyl groups is 3. The minimum atomic E-state index is -2.43. The molecule has 1 amide bonds. The molecule has 1 saturated carbocycles. The Morgan fingerprint density at radius 2 is 1.59 bits per heavy atom. The average Bonchev–Trinajstić information content (AvgIpc) is 3.32. The van der Waals surface area contributed by atoms with Crippen LogP contribution in [-0.4, -0.2) is 145 Å². The molecule has 0 spiro atoms. The lowest BCUT2D eigenvalue weighted by atomic mass is 9.78. The number of piperidine rings is 1. The summed E-state index contributed by atoms with van der Waals surface area (Å²) in [4.78, 5) is 72.1. The highest BCUT2D eigenvalue weighted by Crippen LogP contribution is 2.38. The van der Waals surface area contributed by atoms with Crippen molar-refractivity contribution in [3.8, 4) is 0 Å². The molecule has 15 nitrogen and oxygen atoms in total. The van der Waals surface area contributed by atoms with Crippen LogP contribution in [-0.2, 0) is 52.4 Å². The van der Waals surface area contributed by atoms with Crippen LogP contribution in [0.2, 0.25) is 0 Å². The fourth-order valence-electron chi connectivity index (χ4n) is 10.5. The molecule has 15 atom stereocenters. The normalized spacial score (nSPS) is 39.2.